The molecule has 8 rings (SSSR count). The fourth-order valence-electron chi connectivity index (χ4n) is 8.80. The van der Waals surface area contributed by atoms with Gasteiger partial charge in [0.2, 0.25) is 0 Å². The maximum Gasteiger partial charge on any atom is 0.0798 e. The van der Waals surface area contributed by atoms with E-state index in [-0.39, 0.29) is 30.9 Å². The standard InChI is InChI=1S/C33H32NS.C19H26NSi.Ir/c1-21-9-7-10-22(2)31(21)23-15-16-26-27-13-8-14-28(32(27)35-30(26)19-23)29-20-25(17-18-34-29)33(3,4)24-11-5-6-12-24;1-19(2,3)13-16-12-17(15-10-8-7-9-11-15)20-14-18(16)21(4,5)6;/h7-10,13,15-20,24H,5-6,11-12H2,1-4H3;7-10,12,14H,13H2,1-6H3;/q2*-1;. The van der Waals surface area contributed by atoms with Gasteiger partial charge in [0.15, 0.2) is 0 Å². The number of hydrogen-bond acceptors (Lipinski definition) is 3. The van der Waals surface area contributed by atoms with Crippen molar-refractivity contribution in [3.63, 3.8) is 0 Å². The number of benzene rings is 4. The number of aryl methyl sites for hydroxylation is 2. The molecule has 4 aromatic carbocycles. The minimum absolute atomic E-state index is 0. The fourth-order valence-corrected chi connectivity index (χ4v) is 11.6. The summed E-state index contributed by atoms with van der Waals surface area (Å²) >= 11 is 1.87. The summed E-state index contributed by atoms with van der Waals surface area (Å²) in [5.41, 5.74) is 12.9. The van der Waals surface area contributed by atoms with Crippen molar-refractivity contribution in [3.8, 4) is 33.6 Å². The van der Waals surface area contributed by atoms with Gasteiger partial charge in [0, 0.05) is 37.2 Å². The number of pyridine rings is 2. The second kappa shape index (κ2) is 17.2. The van der Waals surface area contributed by atoms with Crippen molar-refractivity contribution in [1.82, 2.24) is 9.97 Å². The van der Waals surface area contributed by atoms with Crippen LogP contribution >= 0.6 is 11.3 Å². The molecule has 0 saturated heterocycles. The van der Waals surface area contributed by atoms with Crippen LogP contribution in [0.3, 0.4) is 0 Å². The van der Waals surface area contributed by atoms with Crippen LogP contribution in [0.4, 0.5) is 0 Å². The third-order valence-electron chi connectivity index (χ3n) is 11.8. The Hall–Kier alpha value is -3.73. The zero-order valence-corrected chi connectivity index (χ0v) is 39.8. The van der Waals surface area contributed by atoms with Crippen molar-refractivity contribution >= 4 is 44.8 Å². The molecule has 57 heavy (non-hydrogen) atoms. The van der Waals surface area contributed by atoms with Gasteiger partial charge in [0.25, 0.3) is 0 Å². The molecule has 1 radical (unpaired) electrons. The molecule has 3 heterocycles. The SMILES string of the molecule is CC(C)(C)Cc1cc(-c2[c-]cccc2)ncc1[Si](C)(C)C.Cc1cccc(C)c1-c1ccc2c(c1)sc1c(-c3cc(C(C)(C)C4CCCC4)ccn3)[c-]ccc12.[Ir]. The number of rotatable bonds is 7. The largest absolute Gasteiger partial charge is 0.305 e. The van der Waals surface area contributed by atoms with Crippen molar-refractivity contribution in [1.29, 1.82) is 0 Å². The Morgan fingerprint density at radius 1 is 0.754 bits per heavy atom. The first-order valence-electron chi connectivity index (χ1n) is 20.5. The predicted octanol–water partition coefficient (Wildman–Crippen LogP) is 14.3. The van der Waals surface area contributed by atoms with Crippen molar-refractivity contribution in [2.75, 3.05) is 0 Å². The van der Waals surface area contributed by atoms with E-state index in [1.54, 1.807) is 0 Å². The monoisotopic (exact) mass is 963 g/mol. The smallest absolute Gasteiger partial charge is 0.0798 e. The van der Waals surface area contributed by atoms with E-state index in [4.69, 9.17) is 9.97 Å². The fraction of sp³-hybridized carbons (Fsp3) is 0.346. The van der Waals surface area contributed by atoms with Gasteiger partial charge in [-0.2, -0.15) is 11.3 Å². The van der Waals surface area contributed by atoms with Gasteiger partial charge in [-0.15, -0.1) is 59.7 Å². The van der Waals surface area contributed by atoms with E-state index in [2.05, 4.69) is 159 Å². The van der Waals surface area contributed by atoms with Crippen LogP contribution in [0, 0.1) is 37.3 Å². The minimum atomic E-state index is -1.37. The summed E-state index contributed by atoms with van der Waals surface area (Å²) in [7, 11) is -1.37. The van der Waals surface area contributed by atoms with Crippen LogP contribution in [0.1, 0.15) is 82.6 Å². The molecule has 1 aliphatic carbocycles. The van der Waals surface area contributed by atoms with Crippen LogP contribution in [0.25, 0.3) is 53.8 Å². The Kier molecular flexibility index (Phi) is 13.0. The predicted molar refractivity (Wildman–Crippen MR) is 246 cm³/mol. The molecule has 1 aliphatic rings. The Bertz CT molecular complexity index is 2460. The van der Waals surface area contributed by atoms with Gasteiger partial charge in [-0.25, -0.2) is 0 Å². The molecular formula is C52H58IrN2SSi-2. The van der Waals surface area contributed by atoms with Crippen molar-refractivity contribution in [3.05, 3.63) is 138 Å². The number of hydrogen-bond donors (Lipinski definition) is 0. The molecule has 1 saturated carbocycles. The van der Waals surface area contributed by atoms with E-state index in [1.807, 2.05) is 35.7 Å². The third-order valence-corrected chi connectivity index (χ3v) is 15.1. The molecule has 0 aliphatic heterocycles. The van der Waals surface area contributed by atoms with Crippen LogP contribution in [0.2, 0.25) is 19.6 Å². The van der Waals surface area contributed by atoms with Crippen LogP contribution < -0.4 is 5.19 Å². The van der Waals surface area contributed by atoms with Crippen molar-refractivity contribution in [2.45, 2.75) is 106 Å². The second-order valence-electron chi connectivity index (χ2n) is 18.8. The molecule has 5 heteroatoms. The zero-order chi connectivity index (χ0) is 39.8. The van der Waals surface area contributed by atoms with Gasteiger partial charge in [-0.1, -0.05) is 121 Å². The first kappa shape index (κ1) is 42.9. The third kappa shape index (κ3) is 9.44. The van der Waals surface area contributed by atoms with Crippen LogP contribution in [0.15, 0.2) is 103 Å². The number of nitrogens with zero attached hydrogens (tertiary/aromatic N) is 2. The van der Waals surface area contributed by atoms with Gasteiger partial charge in [0.05, 0.1) is 8.07 Å². The van der Waals surface area contributed by atoms with Gasteiger partial charge in [-0.3, -0.25) is 0 Å². The topological polar surface area (TPSA) is 25.8 Å². The molecule has 7 aromatic rings. The van der Waals surface area contributed by atoms with Crippen LogP contribution in [0.5, 0.6) is 0 Å². The molecule has 0 N–H and O–H groups in total. The Morgan fingerprint density at radius 2 is 1.49 bits per heavy atom. The van der Waals surface area contributed by atoms with E-state index >= 15 is 0 Å². The van der Waals surface area contributed by atoms with E-state index in [0.29, 0.717) is 0 Å². The molecule has 297 valence electrons. The molecule has 0 bridgehead atoms. The number of aromatic nitrogens is 2. The van der Waals surface area contributed by atoms with Gasteiger partial charge < -0.3 is 9.97 Å². The van der Waals surface area contributed by atoms with E-state index in [0.717, 1.165) is 34.9 Å². The van der Waals surface area contributed by atoms with Gasteiger partial charge in [0.1, 0.15) is 0 Å². The molecule has 2 nitrogen and oxygen atoms in total. The normalized spacial score (nSPS) is 13.7. The summed E-state index contributed by atoms with van der Waals surface area (Å²) in [6, 6.07) is 39.5. The second-order valence-corrected chi connectivity index (χ2v) is 24.9. The Morgan fingerprint density at radius 3 is 2.16 bits per heavy atom. The average Bonchev–Trinajstić information content (AvgIpc) is 3.84. The molecule has 0 spiro atoms. The Labute approximate surface area is 361 Å². The number of thiophene rings is 1. The van der Waals surface area contributed by atoms with Gasteiger partial charge >= 0.3 is 0 Å². The minimum Gasteiger partial charge on any atom is -0.305 e. The number of fused-ring (bicyclic) bond motifs is 3. The zero-order valence-electron chi connectivity index (χ0n) is 35.6. The van der Waals surface area contributed by atoms with Crippen LogP contribution in [-0.4, -0.2) is 18.0 Å². The molecule has 0 atom stereocenters. The average molecular weight is 963 g/mol. The molecule has 3 aromatic heterocycles. The van der Waals surface area contributed by atoms with Crippen LogP contribution in [-0.2, 0) is 31.9 Å². The van der Waals surface area contributed by atoms with Crippen molar-refractivity contribution < 1.29 is 20.1 Å². The summed E-state index contributed by atoms with van der Waals surface area (Å²) in [5, 5.41) is 4.10. The summed E-state index contributed by atoms with van der Waals surface area (Å²) in [4.78, 5) is 9.54. The summed E-state index contributed by atoms with van der Waals surface area (Å²) in [5.74, 6) is 0.755. The summed E-state index contributed by atoms with van der Waals surface area (Å²) < 4.78 is 2.60. The molecular weight excluding hydrogens is 905 g/mol. The molecule has 0 amide bonds. The van der Waals surface area contributed by atoms with Gasteiger partial charge in [-0.05, 0) is 116 Å². The Balaban J connectivity index is 0.000000215. The van der Waals surface area contributed by atoms with E-state index < -0.39 is 8.07 Å². The maximum atomic E-state index is 4.83. The van der Waals surface area contributed by atoms with E-state index in [1.165, 1.54) is 84.4 Å². The van der Waals surface area contributed by atoms with Crippen molar-refractivity contribution in [2.24, 2.45) is 11.3 Å². The molecule has 0 unspecified atom stereocenters. The summed E-state index contributed by atoms with van der Waals surface area (Å²) in [6.45, 7) is 23.3. The molecule has 1 fully saturated rings. The maximum absolute atomic E-state index is 4.83. The quantitative estimate of drug-likeness (QED) is 0.118. The first-order valence-corrected chi connectivity index (χ1v) is 24.8. The summed E-state index contributed by atoms with van der Waals surface area (Å²) in [6.07, 6.45) is 10.6. The van der Waals surface area contributed by atoms with E-state index in [9.17, 15) is 0 Å². The first-order chi connectivity index (χ1) is 26.6.